The minimum Gasteiger partial charge on any atom is -0.497 e. The first-order valence-electron chi connectivity index (χ1n) is 12.7. The molecule has 0 bridgehead atoms. The van der Waals surface area contributed by atoms with E-state index in [9.17, 15) is 0 Å². The minimum atomic E-state index is 0. The summed E-state index contributed by atoms with van der Waals surface area (Å²) in [5.41, 5.74) is 4.50. The Hall–Kier alpha value is -3.42. The lowest BCUT2D eigenvalue weighted by atomic mass is 10.1. The van der Waals surface area contributed by atoms with Crippen LogP contribution in [0.25, 0.3) is 0 Å². The van der Waals surface area contributed by atoms with Gasteiger partial charge in [0.05, 0.1) is 26.5 Å². The molecule has 0 aliphatic heterocycles. The largest absolute Gasteiger partial charge is 0.497 e. The van der Waals surface area contributed by atoms with Crippen LogP contribution in [0.4, 0.5) is 5.69 Å². The Kier molecular flexibility index (Phi) is 12.3. The zero-order chi connectivity index (χ0) is 26.6. The molecule has 0 aliphatic carbocycles. The topological polar surface area (TPSA) is 43.3 Å². The van der Waals surface area contributed by atoms with Gasteiger partial charge in [-0.2, -0.15) is 0 Å². The summed E-state index contributed by atoms with van der Waals surface area (Å²) < 4.78 is 16.4. The highest BCUT2D eigenvalue weighted by atomic mass is 79.9. The number of thioether (sulfide) groups is 1. The van der Waals surface area contributed by atoms with Crippen molar-refractivity contribution in [3.05, 3.63) is 120 Å². The Morgan fingerprint density at radius 2 is 1.18 bits per heavy atom. The normalized spacial score (nSPS) is 10.9. The number of halogens is 1. The Bertz CT molecular complexity index is 1230. The van der Waals surface area contributed by atoms with Crippen molar-refractivity contribution in [1.29, 1.82) is 0 Å². The molecule has 0 spiro atoms. The molecule has 0 saturated heterocycles. The molecular formula is C32H35BrN2O3S. The van der Waals surface area contributed by atoms with E-state index >= 15 is 0 Å². The number of nitrogens with zero attached hydrogens (tertiary/aromatic N) is 2. The van der Waals surface area contributed by atoms with Gasteiger partial charge >= 0.3 is 0 Å². The molecule has 7 heteroatoms. The van der Waals surface area contributed by atoms with E-state index in [-0.39, 0.29) is 17.0 Å². The maximum atomic E-state index is 5.63. The minimum absolute atomic E-state index is 0. The molecule has 0 aliphatic rings. The third-order valence-electron chi connectivity index (χ3n) is 5.92. The predicted molar refractivity (Wildman–Crippen MR) is 168 cm³/mol. The number of hydrogen-bond donors (Lipinski definition) is 0. The van der Waals surface area contributed by atoms with Crippen LogP contribution in [0.15, 0.2) is 108 Å². The first-order chi connectivity index (χ1) is 18.7. The van der Waals surface area contributed by atoms with Crippen LogP contribution in [-0.4, -0.2) is 30.9 Å². The van der Waals surface area contributed by atoms with Crippen LogP contribution < -0.4 is 14.2 Å². The van der Waals surface area contributed by atoms with Gasteiger partial charge in [-0.15, -0.1) is 17.0 Å². The van der Waals surface area contributed by atoms with Crippen LogP contribution >= 0.6 is 28.7 Å². The lowest BCUT2D eigenvalue weighted by Crippen LogP contribution is -2.28. The molecule has 0 aromatic heterocycles. The van der Waals surface area contributed by atoms with Crippen molar-refractivity contribution in [2.45, 2.75) is 25.8 Å². The molecule has 0 saturated carbocycles. The Balaban J connectivity index is 0.00000420. The van der Waals surface area contributed by atoms with Gasteiger partial charge in [0.15, 0.2) is 5.17 Å². The van der Waals surface area contributed by atoms with Crippen LogP contribution in [0.1, 0.15) is 23.6 Å². The van der Waals surface area contributed by atoms with Crippen molar-refractivity contribution in [2.24, 2.45) is 4.99 Å². The van der Waals surface area contributed by atoms with Gasteiger partial charge in [0.1, 0.15) is 17.2 Å². The van der Waals surface area contributed by atoms with Gasteiger partial charge in [-0.3, -0.25) is 0 Å². The maximum Gasteiger partial charge on any atom is 0.165 e. The van der Waals surface area contributed by atoms with E-state index in [0.717, 1.165) is 33.9 Å². The summed E-state index contributed by atoms with van der Waals surface area (Å²) in [6.07, 6.45) is 0. The zero-order valence-corrected chi connectivity index (χ0v) is 25.1. The van der Waals surface area contributed by atoms with E-state index in [0.29, 0.717) is 19.7 Å². The van der Waals surface area contributed by atoms with Gasteiger partial charge in [-0.05, 0) is 72.1 Å². The average Bonchev–Trinajstić information content (AvgIpc) is 2.97. The molecule has 5 nitrogen and oxygen atoms in total. The summed E-state index contributed by atoms with van der Waals surface area (Å²) in [5.74, 6) is 3.35. The fraction of sp³-hybridized carbons (Fsp3) is 0.219. The first-order valence-corrected chi connectivity index (χ1v) is 13.6. The van der Waals surface area contributed by atoms with E-state index in [4.69, 9.17) is 19.2 Å². The molecule has 4 aromatic rings. The maximum absolute atomic E-state index is 5.63. The SMILES string of the molecule is Br.CCOc1ccc(N=C(SCc2ccccc2)N(Cc2ccc(OC)cc2)Cc2ccc(OC)cc2)cc1. The molecular weight excluding hydrogens is 572 g/mol. The molecule has 0 atom stereocenters. The van der Waals surface area contributed by atoms with E-state index in [1.165, 1.54) is 16.7 Å². The van der Waals surface area contributed by atoms with E-state index in [1.807, 2.05) is 61.5 Å². The third-order valence-corrected chi connectivity index (χ3v) is 7.00. The summed E-state index contributed by atoms with van der Waals surface area (Å²) in [6, 6.07) is 34.9. The molecule has 0 N–H and O–H groups in total. The number of benzene rings is 4. The molecule has 0 radical (unpaired) electrons. The third kappa shape index (κ3) is 9.37. The summed E-state index contributed by atoms with van der Waals surface area (Å²) in [5, 5.41) is 0.949. The lowest BCUT2D eigenvalue weighted by Gasteiger charge is -2.26. The highest BCUT2D eigenvalue weighted by Crippen LogP contribution is 2.26. The number of hydrogen-bond acceptors (Lipinski definition) is 5. The van der Waals surface area contributed by atoms with Crippen molar-refractivity contribution in [3.8, 4) is 17.2 Å². The van der Waals surface area contributed by atoms with Gasteiger partial charge < -0.3 is 19.1 Å². The van der Waals surface area contributed by atoms with E-state index in [2.05, 4.69) is 53.4 Å². The van der Waals surface area contributed by atoms with Gasteiger partial charge in [-0.1, -0.05) is 66.4 Å². The second kappa shape index (κ2) is 15.9. The fourth-order valence-corrected chi connectivity index (χ4v) is 4.87. The highest BCUT2D eigenvalue weighted by molar-refractivity contribution is 8.93. The summed E-state index contributed by atoms with van der Waals surface area (Å²) >= 11 is 1.74. The Morgan fingerprint density at radius 3 is 1.67 bits per heavy atom. The van der Waals surface area contributed by atoms with E-state index in [1.54, 1.807) is 26.0 Å². The van der Waals surface area contributed by atoms with E-state index < -0.39 is 0 Å². The van der Waals surface area contributed by atoms with Gasteiger partial charge in [0.25, 0.3) is 0 Å². The van der Waals surface area contributed by atoms with Gasteiger partial charge in [0.2, 0.25) is 0 Å². The van der Waals surface area contributed by atoms with Crippen LogP contribution in [0, 0.1) is 0 Å². The number of aliphatic imine (C=N–C) groups is 1. The van der Waals surface area contributed by atoms with Gasteiger partial charge in [0, 0.05) is 18.8 Å². The van der Waals surface area contributed by atoms with Crippen molar-refractivity contribution in [3.63, 3.8) is 0 Å². The summed E-state index contributed by atoms with van der Waals surface area (Å²) in [7, 11) is 3.37. The van der Waals surface area contributed by atoms with Crippen LogP contribution in [0.5, 0.6) is 17.2 Å². The lowest BCUT2D eigenvalue weighted by molar-refractivity contribution is 0.340. The standard InChI is InChI=1S/C32H34N2O3S.BrH/c1-4-37-31-20-14-28(15-21-31)33-32(38-24-27-8-6-5-7-9-27)34(22-25-10-16-29(35-2)17-11-25)23-26-12-18-30(36-3)19-13-26;/h5-21H,4,22-24H2,1-3H3;1H. The second-order valence-electron chi connectivity index (χ2n) is 8.65. The monoisotopic (exact) mass is 606 g/mol. The summed E-state index contributed by atoms with van der Waals surface area (Å²) in [4.78, 5) is 7.46. The molecule has 4 aromatic carbocycles. The van der Waals surface area contributed by atoms with Crippen LogP contribution in [-0.2, 0) is 18.8 Å². The molecule has 0 amide bonds. The quantitative estimate of drug-likeness (QED) is 0.127. The average molecular weight is 608 g/mol. The van der Waals surface area contributed by atoms with Crippen molar-refractivity contribution in [2.75, 3.05) is 20.8 Å². The van der Waals surface area contributed by atoms with Crippen molar-refractivity contribution >= 4 is 39.6 Å². The molecule has 39 heavy (non-hydrogen) atoms. The van der Waals surface area contributed by atoms with Crippen molar-refractivity contribution < 1.29 is 14.2 Å². The Labute approximate surface area is 246 Å². The number of amidine groups is 1. The highest BCUT2D eigenvalue weighted by Gasteiger charge is 2.15. The molecule has 0 heterocycles. The van der Waals surface area contributed by atoms with Crippen molar-refractivity contribution in [1.82, 2.24) is 4.90 Å². The smallest absolute Gasteiger partial charge is 0.165 e. The molecule has 0 unspecified atom stereocenters. The van der Waals surface area contributed by atoms with Crippen LogP contribution in [0.2, 0.25) is 0 Å². The van der Waals surface area contributed by atoms with Crippen LogP contribution in [0.3, 0.4) is 0 Å². The molecule has 4 rings (SSSR count). The fourth-order valence-electron chi connectivity index (χ4n) is 3.90. The first kappa shape index (κ1) is 30.1. The molecule has 204 valence electrons. The number of rotatable bonds is 11. The second-order valence-corrected chi connectivity index (χ2v) is 9.59. The molecule has 0 fully saturated rings. The predicted octanol–water partition coefficient (Wildman–Crippen LogP) is 8.30. The zero-order valence-electron chi connectivity index (χ0n) is 22.6. The Morgan fingerprint density at radius 1 is 0.667 bits per heavy atom. The number of ether oxygens (including phenoxy) is 3. The number of methoxy groups -OCH3 is 2. The van der Waals surface area contributed by atoms with Gasteiger partial charge in [-0.25, -0.2) is 4.99 Å². The summed E-state index contributed by atoms with van der Waals surface area (Å²) in [6.45, 7) is 4.03.